The van der Waals surface area contributed by atoms with Gasteiger partial charge in [-0.15, -0.1) is 4.67 Å². The minimum Gasteiger partial charge on any atom is -0.379 e. The summed E-state index contributed by atoms with van der Waals surface area (Å²) in [5.41, 5.74) is 0. The van der Waals surface area contributed by atoms with Gasteiger partial charge in [0, 0.05) is 6.61 Å². The number of hydrogen-bond acceptors (Lipinski definition) is 6. The lowest BCUT2D eigenvalue weighted by atomic mass is 10.0. The third-order valence-corrected chi connectivity index (χ3v) is 6.34. The Labute approximate surface area is 203 Å². The first kappa shape index (κ1) is 33.0. The molecule has 0 fully saturated rings. The van der Waals surface area contributed by atoms with E-state index in [-0.39, 0.29) is 19.8 Å². The highest BCUT2D eigenvalue weighted by Crippen LogP contribution is 2.43. The number of ether oxygens (including phenoxy) is 2. The first-order chi connectivity index (χ1) is 16.1. The molecule has 0 aromatic heterocycles. The highest BCUT2D eigenvalue weighted by Gasteiger charge is 2.22. The van der Waals surface area contributed by atoms with E-state index < -0.39 is 7.82 Å². The van der Waals surface area contributed by atoms with Crippen LogP contribution in [0.3, 0.4) is 0 Å². The van der Waals surface area contributed by atoms with Crippen molar-refractivity contribution in [3.63, 3.8) is 0 Å². The third kappa shape index (κ3) is 28.1. The van der Waals surface area contributed by atoms with Gasteiger partial charge in [-0.25, -0.2) is 9.45 Å². The van der Waals surface area contributed by atoms with Crippen molar-refractivity contribution >= 4 is 7.82 Å². The maximum atomic E-state index is 11.6. The van der Waals surface area contributed by atoms with Gasteiger partial charge in [0.25, 0.3) is 0 Å². The summed E-state index contributed by atoms with van der Waals surface area (Å²) in [5, 5.41) is 0. The summed E-state index contributed by atoms with van der Waals surface area (Å²) in [6.07, 6.45) is 22.2. The fourth-order valence-corrected chi connectivity index (χ4v) is 4.14. The van der Waals surface area contributed by atoms with E-state index in [1.165, 1.54) is 89.9 Å². The highest BCUT2D eigenvalue weighted by molar-refractivity contribution is 7.47. The van der Waals surface area contributed by atoms with Gasteiger partial charge in [0.1, 0.15) is 0 Å². The Kier molecular flexibility index (Phi) is 26.6. The molecule has 0 saturated heterocycles. The van der Waals surface area contributed by atoms with Crippen LogP contribution < -0.4 is 0 Å². The summed E-state index contributed by atoms with van der Waals surface area (Å²) < 4.78 is 31.2. The molecular weight excluding hydrogens is 443 g/mol. The molecule has 0 rings (SSSR count). The Balaban J connectivity index is 3.23. The zero-order valence-corrected chi connectivity index (χ0v) is 22.5. The van der Waals surface area contributed by atoms with Crippen LogP contribution in [0.1, 0.15) is 123 Å². The van der Waals surface area contributed by atoms with Crippen molar-refractivity contribution in [1.82, 2.24) is 0 Å². The molecule has 0 radical (unpaired) electrons. The third-order valence-electron chi connectivity index (χ3n) is 5.54. The lowest BCUT2D eigenvalue weighted by Gasteiger charge is -2.11. The van der Waals surface area contributed by atoms with E-state index in [4.69, 9.17) is 18.9 Å². The van der Waals surface area contributed by atoms with Crippen molar-refractivity contribution in [3.8, 4) is 0 Å². The van der Waals surface area contributed by atoms with E-state index in [0.29, 0.717) is 19.8 Å². The Bertz CT molecular complexity index is 424. The van der Waals surface area contributed by atoms with Crippen LogP contribution in [0.15, 0.2) is 0 Å². The van der Waals surface area contributed by atoms with E-state index in [0.717, 1.165) is 19.3 Å². The summed E-state index contributed by atoms with van der Waals surface area (Å²) in [5.74, 6) is 0. The van der Waals surface area contributed by atoms with Crippen LogP contribution in [-0.4, -0.2) is 44.5 Å². The second-order valence-corrected chi connectivity index (χ2v) is 10.0. The van der Waals surface area contributed by atoms with Crippen LogP contribution >= 0.6 is 7.82 Å². The molecular formula is C25H53O7P. The van der Waals surface area contributed by atoms with Crippen LogP contribution in [0.5, 0.6) is 0 Å². The van der Waals surface area contributed by atoms with E-state index in [1.54, 1.807) is 0 Å². The molecule has 1 unspecified atom stereocenters. The molecule has 200 valence electrons. The van der Waals surface area contributed by atoms with Crippen molar-refractivity contribution in [2.45, 2.75) is 123 Å². The average Bonchev–Trinajstić information content (AvgIpc) is 2.80. The zero-order valence-electron chi connectivity index (χ0n) is 21.6. The predicted octanol–water partition coefficient (Wildman–Crippen LogP) is 7.76. The van der Waals surface area contributed by atoms with E-state index in [1.807, 2.05) is 6.92 Å². The summed E-state index contributed by atoms with van der Waals surface area (Å²) >= 11 is 0. The number of phosphoric acid groups is 1. The number of hydrogen-bond donors (Lipinski definition) is 1. The van der Waals surface area contributed by atoms with Gasteiger partial charge in [0.05, 0.1) is 33.0 Å². The lowest BCUT2D eigenvalue weighted by Crippen LogP contribution is -2.09. The molecule has 0 heterocycles. The van der Waals surface area contributed by atoms with Crippen molar-refractivity contribution in [2.24, 2.45) is 0 Å². The summed E-state index contributed by atoms with van der Waals surface area (Å²) in [7, 11) is -4.18. The second-order valence-electron chi connectivity index (χ2n) is 8.66. The standard InChI is InChI=1S/C25H53O7P/c1-3-5-6-7-8-9-10-11-12-13-14-15-16-17-18-19-20-21-30-32-33(26,27)31-25-24-29-23-22-28-4-2/h3-25H2,1-2H3,(H,26,27). The molecule has 0 aliphatic carbocycles. The average molecular weight is 497 g/mol. The maximum absolute atomic E-state index is 11.6. The van der Waals surface area contributed by atoms with Crippen LogP contribution in [0.4, 0.5) is 0 Å². The van der Waals surface area contributed by atoms with Crippen molar-refractivity contribution in [3.05, 3.63) is 0 Å². The number of unbranched alkanes of at least 4 members (excludes halogenated alkanes) is 16. The maximum Gasteiger partial charge on any atom is 0.499 e. The number of rotatable bonds is 28. The Morgan fingerprint density at radius 1 is 0.545 bits per heavy atom. The van der Waals surface area contributed by atoms with Crippen LogP contribution in [0.2, 0.25) is 0 Å². The Morgan fingerprint density at radius 2 is 0.970 bits per heavy atom. The molecule has 0 aromatic carbocycles. The largest absolute Gasteiger partial charge is 0.499 e. The highest BCUT2D eigenvalue weighted by atomic mass is 31.2. The molecule has 0 aliphatic rings. The Morgan fingerprint density at radius 3 is 1.45 bits per heavy atom. The van der Waals surface area contributed by atoms with Gasteiger partial charge >= 0.3 is 7.82 Å². The zero-order chi connectivity index (χ0) is 24.3. The quantitative estimate of drug-likeness (QED) is 0.0513. The van der Waals surface area contributed by atoms with Crippen LogP contribution in [0, 0.1) is 0 Å². The van der Waals surface area contributed by atoms with Crippen LogP contribution in [-0.2, 0) is 28.1 Å². The first-order valence-corrected chi connectivity index (χ1v) is 15.1. The van der Waals surface area contributed by atoms with Gasteiger partial charge in [-0.1, -0.05) is 110 Å². The van der Waals surface area contributed by atoms with E-state index in [9.17, 15) is 9.46 Å². The summed E-state index contributed by atoms with van der Waals surface area (Å²) in [6.45, 7) is 6.17. The molecule has 0 aliphatic heterocycles. The van der Waals surface area contributed by atoms with Crippen molar-refractivity contribution < 1.29 is 33.0 Å². The van der Waals surface area contributed by atoms with Crippen molar-refractivity contribution in [1.29, 1.82) is 0 Å². The number of phosphoric ester groups is 1. The van der Waals surface area contributed by atoms with Gasteiger partial charge in [0.15, 0.2) is 0 Å². The van der Waals surface area contributed by atoms with Gasteiger partial charge in [-0.2, -0.15) is 0 Å². The fraction of sp³-hybridized carbons (Fsp3) is 1.00. The van der Waals surface area contributed by atoms with Crippen molar-refractivity contribution in [2.75, 3.05) is 39.6 Å². The molecule has 0 spiro atoms. The van der Waals surface area contributed by atoms with Gasteiger partial charge < -0.3 is 14.4 Å². The SMILES string of the molecule is CCCCCCCCCCCCCCCCCCCOOP(=O)(O)OCCOCCOCC. The second kappa shape index (κ2) is 26.6. The monoisotopic (exact) mass is 496 g/mol. The fourth-order valence-electron chi connectivity index (χ4n) is 3.59. The molecule has 8 heteroatoms. The van der Waals surface area contributed by atoms with Gasteiger partial charge in [-0.05, 0) is 13.3 Å². The topological polar surface area (TPSA) is 83.5 Å². The molecule has 33 heavy (non-hydrogen) atoms. The summed E-state index contributed by atoms with van der Waals surface area (Å²) in [6, 6.07) is 0. The molecule has 0 aromatic rings. The molecule has 1 N–H and O–H groups in total. The predicted molar refractivity (Wildman–Crippen MR) is 134 cm³/mol. The molecule has 1 atom stereocenters. The first-order valence-electron chi connectivity index (χ1n) is 13.6. The smallest absolute Gasteiger partial charge is 0.379 e. The molecule has 7 nitrogen and oxygen atoms in total. The normalized spacial score (nSPS) is 13.4. The van der Waals surface area contributed by atoms with E-state index >= 15 is 0 Å². The Hall–Kier alpha value is -0.0100. The van der Waals surface area contributed by atoms with Crippen LogP contribution in [0.25, 0.3) is 0 Å². The van der Waals surface area contributed by atoms with E-state index in [2.05, 4.69) is 11.6 Å². The minimum atomic E-state index is -4.18. The van der Waals surface area contributed by atoms with Gasteiger partial charge in [0.2, 0.25) is 0 Å². The molecule has 0 amide bonds. The molecule has 0 saturated carbocycles. The van der Waals surface area contributed by atoms with Gasteiger partial charge in [-0.3, -0.25) is 4.52 Å². The summed E-state index contributed by atoms with van der Waals surface area (Å²) in [4.78, 5) is 14.3. The molecule has 0 bridgehead atoms. The minimum absolute atomic E-state index is 0.0393. The lowest BCUT2D eigenvalue weighted by molar-refractivity contribution is -0.225.